The number of amides is 1. The molecular weight excluding hydrogens is 198 g/mol. The van der Waals surface area contributed by atoms with Crippen molar-refractivity contribution in [3.63, 3.8) is 0 Å². The lowest BCUT2D eigenvalue weighted by Crippen LogP contribution is -2.21. The zero-order valence-electron chi connectivity index (χ0n) is 10.9. The van der Waals surface area contributed by atoms with Gasteiger partial charge in [-0.05, 0) is 18.4 Å². The van der Waals surface area contributed by atoms with Crippen molar-refractivity contribution in [2.24, 2.45) is 5.92 Å². The van der Waals surface area contributed by atoms with Gasteiger partial charge < -0.3 is 5.32 Å². The summed E-state index contributed by atoms with van der Waals surface area (Å²) in [6, 6.07) is 0. The fraction of sp³-hybridized carbons (Fsp3) is 0.786. The summed E-state index contributed by atoms with van der Waals surface area (Å²) in [6.45, 7) is 8.76. The van der Waals surface area contributed by atoms with E-state index in [0.29, 0.717) is 0 Å². The van der Waals surface area contributed by atoms with Crippen molar-refractivity contribution in [2.45, 2.75) is 58.8 Å². The van der Waals surface area contributed by atoms with Gasteiger partial charge in [0.15, 0.2) is 0 Å². The van der Waals surface area contributed by atoms with Gasteiger partial charge >= 0.3 is 0 Å². The Bertz CT molecular complexity index is 187. The van der Waals surface area contributed by atoms with Gasteiger partial charge in [-0.3, -0.25) is 4.79 Å². The van der Waals surface area contributed by atoms with Crippen LogP contribution in [0.3, 0.4) is 0 Å². The molecule has 0 radical (unpaired) electrons. The van der Waals surface area contributed by atoms with Crippen LogP contribution in [-0.2, 0) is 4.79 Å². The van der Waals surface area contributed by atoms with Crippen molar-refractivity contribution in [2.75, 3.05) is 6.54 Å². The molecule has 0 bridgehead atoms. The number of unbranched alkanes of at least 4 members (excludes halogenated alkanes) is 5. The number of hydrogen-bond donors (Lipinski definition) is 1. The third kappa shape index (κ3) is 11.3. The van der Waals surface area contributed by atoms with Crippen LogP contribution in [-0.4, -0.2) is 12.5 Å². The van der Waals surface area contributed by atoms with E-state index in [2.05, 4.69) is 25.7 Å². The Morgan fingerprint density at radius 2 is 1.69 bits per heavy atom. The van der Waals surface area contributed by atoms with E-state index in [0.717, 1.165) is 18.9 Å². The van der Waals surface area contributed by atoms with E-state index in [-0.39, 0.29) is 5.91 Å². The van der Waals surface area contributed by atoms with Crippen LogP contribution >= 0.6 is 0 Å². The zero-order chi connectivity index (χ0) is 12.2. The third-order valence-electron chi connectivity index (χ3n) is 2.69. The van der Waals surface area contributed by atoms with E-state index in [4.69, 9.17) is 0 Å². The maximum Gasteiger partial charge on any atom is 0.243 e. The van der Waals surface area contributed by atoms with Crippen molar-refractivity contribution in [3.05, 3.63) is 12.7 Å². The summed E-state index contributed by atoms with van der Waals surface area (Å²) < 4.78 is 0. The molecule has 0 unspecified atom stereocenters. The lowest BCUT2D eigenvalue weighted by atomic mass is 10.0. The van der Waals surface area contributed by atoms with Gasteiger partial charge in [0.1, 0.15) is 0 Å². The normalized spacial score (nSPS) is 10.4. The van der Waals surface area contributed by atoms with Crippen LogP contribution in [0, 0.1) is 5.92 Å². The van der Waals surface area contributed by atoms with Crippen LogP contribution in [0.1, 0.15) is 58.8 Å². The number of hydrogen-bond acceptors (Lipinski definition) is 1. The number of carbonyl (C=O) groups excluding carboxylic acids is 1. The first-order valence-corrected chi connectivity index (χ1v) is 6.57. The van der Waals surface area contributed by atoms with Crippen molar-refractivity contribution in [1.29, 1.82) is 0 Å². The molecular formula is C14H27NO. The van der Waals surface area contributed by atoms with Crippen LogP contribution in [0.2, 0.25) is 0 Å². The van der Waals surface area contributed by atoms with E-state index < -0.39 is 0 Å². The van der Waals surface area contributed by atoms with Gasteiger partial charge in [0.2, 0.25) is 5.91 Å². The smallest absolute Gasteiger partial charge is 0.243 e. The Hall–Kier alpha value is -0.790. The lowest BCUT2D eigenvalue weighted by Gasteiger charge is -2.04. The predicted molar refractivity (Wildman–Crippen MR) is 70.4 cm³/mol. The number of rotatable bonds is 10. The topological polar surface area (TPSA) is 29.1 Å². The molecule has 0 aromatic carbocycles. The first-order chi connectivity index (χ1) is 7.66. The fourth-order valence-corrected chi connectivity index (χ4v) is 1.67. The van der Waals surface area contributed by atoms with Crippen LogP contribution < -0.4 is 5.32 Å². The summed E-state index contributed by atoms with van der Waals surface area (Å²) in [4.78, 5) is 10.8. The second-order valence-corrected chi connectivity index (χ2v) is 4.80. The Kier molecular flexibility index (Phi) is 10.2. The first-order valence-electron chi connectivity index (χ1n) is 6.57. The van der Waals surface area contributed by atoms with Crippen molar-refractivity contribution in [3.8, 4) is 0 Å². The highest BCUT2D eigenvalue weighted by Crippen LogP contribution is 2.10. The molecule has 16 heavy (non-hydrogen) atoms. The average Bonchev–Trinajstić information content (AvgIpc) is 2.26. The van der Waals surface area contributed by atoms with Gasteiger partial charge in [-0.25, -0.2) is 0 Å². The highest BCUT2D eigenvalue weighted by Gasteiger charge is 1.95. The molecule has 0 aliphatic rings. The summed E-state index contributed by atoms with van der Waals surface area (Å²) in [5, 5.41) is 2.79. The second kappa shape index (κ2) is 10.7. The fourth-order valence-electron chi connectivity index (χ4n) is 1.67. The monoisotopic (exact) mass is 225 g/mol. The van der Waals surface area contributed by atoms with Gasteiger partial charge in [-0.2, -0.15) is 0 Å². The summed E-state index contributed by atoms with van der Waals surface area (Å²) in [6.07, 6.45) is 10.3. The maximum atomic E-state index is 10.8. The standard InChI is InChI=1S/C14H27NO/c1-4-14(16)15-12-10-8-6-5-7-9-11-13(2)3/h4,13H,1,5-12H2,2-3H3,(H,15,16). The van der Waals surface area contributed by atoms with Crippen molar-refractivity contribution < 1.29 is 4.79 Å². The molecule has 0 rings (SSSR count). The minimum atomic E-state index is -0.0584. The molecule has 2 heteroatoms. The molecule has 0 aromatic rings. The molecule has 1 amide bonds. The Balaban J connectivity index is 3.04. The second-order valence-electron chi connectivity index (χ2n) is 4.80. The van der Waals surface area contributed by atoms with Gasteiger partial charge in [0.25, 0.3) is 0 Å². The number of nitrogens with one attached hydrogen (secondary N) is 1. The van der Waals surface area contributed by atoms with Crippen molar-refractivity contribution in [1.82, 2.24) is 5.32 Å². The van der Waals surface area contributed by atoms with Crippen LogP contribution in [0.15, 0.2) is 12.7 Å². The van der Waals surface area contributed by atoms with Crippen LogP contribution in [0.5, 0.6) is 0 Å². The third-order valence-corrected chi connectivity index (χ3v) is 2.69. The highest BCUT2D eigenvalue weighted by atomic mass is 16.1. The van der Waals surface area contributed by atoms with Crippen LogP contribution in [0.25, 0.3) is 0 Å². The van der Waals surface area contributed by atoms with E-state index >= 15 is 0 Å². The Morgan fingerprint density at radius 1 is 1.12 bits per heavy atom. The predicted octanol–water partition coefficient (Wildman–Crippen LogP) is 3.68. The quantitative estimate of drug-likeness (QED) is 0.446. The molecule has 1 N–H and O–H groups in total. The summed E-state index contributed by atoms with van der Waals surface area (Å²) in [5.41, 5.74) is 0. The molecule has 0 atom stereocenters. The minimum absolute atomic E-state index is 0.0584. The minimum Gasteiger partial charge on any atom is -0.353 e. The van der Waals surface area contributed by atoms with E-state index in [1.807, 2.05) is 0 Å². The van der Waals surface area contributed by atoms with Gasteiger partial charge in [0.05, 0.1) is 0 Å². The molecule has 0 aromatic heterocycles. The van der Waals surface area contributed by atoms with E-state index in [9.17, 15) is 4.79 Å². The highest BCUT2D eigenvalue weighted by molar-refractivity contribution is 5.86. The Morgan fingerprint density at radius 3 is 2.25 bits per heavy atom. The van der Waals surface area contributed by atoms with Gasteiger partial charge in [0, 0.05) is 6.54 Å². The van der Waals surface area contributed by atoms with E-state index in [1.165, 1.54) is 44.6 Å². The van der Waals surface area contributed by atoms with Gasteiger partial charge in [-0.15, -0.1) is 0 Å². The molecule has 0 saturated carbocycles. The Labute approximate surface area is 101 Å². The molecule has 0 aliphatic carbocycles. The molecule has 0 heterocycles. The lowest BCUT2D eigenvalue weighted by molar-refractivity contribution is -0.116. The summed E-state index contributed by atoms with van der Waals surface area (Å²) >= 11 is 0. The zero-order valence-corrected chi connectivity index (χ0v) is 10.9. The SMILES string of the molecule is C=CC(=O)NCCCCCCCCC(C)C. The summed E-state index contributed by atoms with van der Waals surface area (Å²) in [5.74, 6) is 0.783. The maximum absolute atomic E-state index is 10.8. The molecule has 0 saturated heterocycles. The first kappa shape index (κ1) is 15.2. The molecule has 2 nitrogen and oxygen atoms in total. The largest absolute Gasteiger partial charge is 0.353 e. The summed E-state index contributed by atoms with van der Waals surface area (Å²) in [7, 11) is 0. The molecule has 0 aliphatic heterocycles. The molecule has 0 fully saturated rings. The van der Waals surface area contributed by atoms with Gasteiger partial charge in [-0.1, -0.05) is 59.0 Å². The average molecular weight is 225 g/mol. The number of carbonyl (C=O) groups is 1. The molecule has 94 valence electrons. The van der Waals surface area contributed by atoms with E-state index in [1.54, 1.807) is 0 Å². The molecule has 0 spiro atoms. The van der Waals surface area contributed by atoms with Crippen molar-refractivity contribution >= 4 is 5.91 Å². The van der Waals surface area contributed by atoms with Crippen LogP contribution in [0.4, 0.5) is 0 Å².